The smallest absolute Gasteiger partial charge is 0.270 e. The van der Waals surface area contributed by atoms with Gasteiger partial charge in [-0.2, -0.15) is 0 Å². The lowest BCUT2D eigenvalue weighted by atomic mass is 9.94. The van der Waals surface area contributed by atoms with Gasteiger partial charge in [0.2, 0.25) is 5.91 Å². The molecule has 2 aliphatic heterocycles. The minimum Gasteiger partial charge on any atom is -0.375 e. The Kier molecular flexibility index (Phi) is 4.51. The van der Waals surface area contributed by atoms with Crippen molar-refractivity contribution in [2.24, 2.45) is 0 Å². The molecule has 0 aliphatic carbocycles. The van der Waals surface area contributed by atoms with Crippen molar-refractivity contribution in [3.63, 3.8) is 0 Å². The Balaban J connectivity index is 1.84. The zero-order valence-electron chi connectivity index (χ0n) is 15.2. The second-order valence-corrected chi connectivity index (χ2v) is 8.62. The highest BCUT2D eigenvalue weighted by Gasteiger charge is 2.36. The van der Waals surface area contributed by atoms with E-state index in [1.807, 2.05) is 13.8 Å². The zero-order chi connectivity index (χ0) is 19.2. The average molecular weight is 390 g/mol. The topological polar surface area (TPSA) is 109 Å². The number of aromatic amines is 2. The number of anilines is 1. The number of ether oxygens (including phenoxy) is 1. The van der Waals surface area contributed by atoms with E-state index >= 15 is 0 Å². The predicted molar refractivity (Wildman–Crippen MR) is 103 cm³/mol. The summed E-state index contributed by atoms with van der Waals surface area (Å²) >= 11 is 1.29. The van der Waals surface area contributed by atoms with Gasteiger partial charge in [0.05, 0.1) is 28.2 Å². The van der Waals surface area contributed by atoms with Crippen molar-refractivity contribution in [1.29, 1.82) is 0 Å². The lowest BCUT2D eigenvalue weighted by Gasteiger charge is -2.36. The van der Waals surface area contributed by atoms with Crippen molar-refractivity contribution in [2.75, 3.05) is 17.7 Å². The highest BCUT2D eigenvalue weighted by atomic mass is 32.2. The molecule has 2 aliphatic rings. The number of nitrogens with one attached hydrogen (secondary N) is 3. The number of fused-ring (bicyclic) bond motifs is 1. The van der Waals surface area contributed by atoms with Crippen LogP contribution in [0.15, 0.2) is 27.9 Å². The first-order chi connectivity index (χ1) is 12.9. The molecule has 4 rings (SSSR count). The van der Waals surface area contributed by atoms with E-state index < -0.39 is 5.25 Å². The molecular weight excluding hydrogens is 368 g/mol. The van der Waals surface area contributed by atoms with E-state index in [-0.39, 0.29) is 34.4 Å². The highest BCUT2D eigenvalue weighted by Crippen LogP contribution is 2.41. The van der Waals surface area contributed by atoms with Crippen molar-refractivity contribution in [3.8, 4) is 0 Å². The van der Waals surface area contributed by atoms with Crippen LogP contribution >= 0.6 is 11.8 Å². The van der Waals surface area contributed by atoms with E-state index in [1.165, 1.54) is 11.8 Å². The Morgan fingerprint density at radius 1 is 1.26 bits per heavy atom. The van der Waals surface area contributed by atoms with Gasteiger partial charge in [0, 0.05) is 18.4 Å². The van der Waals surface area contributed by atoms with Crippen LogP contribution < -0.4 is 16.4 Å². The molecule has 3 N–H and O–H groups in total. The van der Waals surface area contributed by atoms with Crippen LogP contribution in [-0.2, 0) is 9.53 Å². The van der Waals surface area contributed by atoms with Gasteiger partial charge in [0.15, 0.2) is 0 Å². The third-order valence-electron chi connectivity index (χ3n) is 5.03. The molecule has 0 saturated carbocycles. The second kappa shape index (κ2) is 6.72. The number of carbonyl (C=O) groups excluding carboxylic acids is 1. The molecule has 9 heteroatoms. The Hall–Kier alpha value is -2.26. The molecule has 27 heavy (non-hydrogen) atoms. The Morgan fingerprint density at radius 2 is 2.07 bits per heavy atom. The summed E-state index contributed by atoms with van der Waals surface area (Å²) in [7, 11) is 0. The largest absolute Gasteiger partial charge is 0.375 e. The Morgan fingerprint density at radius 3 is 2.81 bits per heavy atom. The number of rotatable bonds is 2. The minimum absolute atomic E-state index is 0.00306. The summed E-state index contributed by atoms with van der Waals surface area (Å²) in [5.41, 5.74) is 0.0470. The maximum Gasteiger partial charge on any atom is 0.270 e. The lowest BCUT2D eigenvalue weighted by Crippen LogP contribution is -2.36. The molecule has 0 aromatic carbocycles. The van der Waals surface area contributed by atoms with Gasteiger partial charge in [-0.05, 0) is 32.8 Å². The molecule has 1 amide bonds. The quantitative estimate of drug-likeness (QED) is 0.724. The first-order valence-corrected chi connectivity index (χ1v) is 9.98. The fourth-order valence-electron chi connectivity index (χ4n) is 3.82. The van der Waals surface area contributed by atoms with Gasteiger partial charge in [-0.15, -0.1) is 11.8 Å². The van der Waals surface area contributed by atoms with Crippen molar-refractivity contribution in [3.05, 3.63) is 50.2 Å². The van der Waals surface area contributed by atoms with Crippen LogP contribution in [0.5, 0.6) is 0 Å². The average Bonchev–Trinajstić information content (AvgIpc) is 2.81. The summed E-state index contributed by atoms with van der Waals surface area (Å²) in [5.74, 6) is 0.452. The van der Waals surface area contributed by atoms with E-state index in [0.29, 0.717) is 30.0 Å². The molecule has 2 aromatic heterocycles. The normalized spacial score (nSPS) is 24.7. The molecule has 0 spiro atoms. The number of hydrogen-bond acceptors (Lipinski definition) is 5. The summed E-state index contributed by atoms with van der Waals surface area (Å²) in [6.45, 7) is 4.61. The van der Waals surface area contributed by atoms with Gasteiger partial charge in [-0.3, -0.25) is 24.2 Å². The fourth-order valence-corrected chi connectivity index (χ4v) is 4.97. The lowest BCUT2D eigenvalue weighted by molar-refractivity contribution is -0.113. The Labute approximate surface area is 159 Å². The fraction of sp³-hybridized carbons (Fsp3) is 0.500. The summed E-state index contributed by atoms with van der Waals surface area (Å²) in [5, 5.41) is 5.26. The second-order valence-electron chi connectivity index (χ2n) is 7.52. The summed E-state index contributed by atoms with van der Waals surface area (Å²) in [4.78, 5) is 40.1. The standard InChI is InChI=1S/C18H22N4O4S/c1-18(2)8-10(5-7-26-18)22-15-13(17(25)21-22)14(27-9-12(23)20-15)11-4-3-6-19-16(11)24/h3-4,6,10,14H,5,7-9H2,1-2H3,(H,19,24)(H,20,23)(H,21,25)/t10-,14-/m0/s1. The number of carbonyl (C=O) groups is 1. The van der Waals surface area contributed by atoms with E-state index in [2.05, 4.69) is 15.4 Å². The van der Waals surface area contributed by atoms with Gasteiger partial charge >= 0.3 is 0 Å². The maximum absolute atomic E-state index is 12.9. The van der Waals surface area contributed by atoms with Gasteiger partial charge in [-0.25, -0.2) is 0 Å². The number of aromatic nitrogens is 3. The van der Waals surface area contributed by atoms with Crippen LogP contribution in [0.2, 0.25) is 0 Å². The molecular formula is C18H22N4O4S. The van der Waals surface area contributed by atoms with Crippen LogP contribution in [0.1, 0.15) is 49.1 Å². The van der Waals surface area contributed by atoms with Crippen LogP contribution in [0.25, 0.3) is 0 Å². The number of hydrogen-bond donors (Lipinski definition) is 3. The predicted octanol–water partition coefficient (Wildman–Crippen LogP) is 1.77. The summed E-state index contributed by atoms with van der Waals surface area (Å²) in [6, 6.07) is 3.43. The zero-order valence-corrected chi connectivity index (χ0v) is 16.0. The van der Waals surface area contributed by atoms with E-state index in [4.69, 9.17) is 4.74 Å². The van der Waals surface area contributed by atoms with Crippen LogP contribution in [0.3, 0.4) is 0 Å². The Bertz CT molecular complexity index is 990. The van der Waals surface area contributed by atoms with E-state index in [0.717, 1.165) is 6.42 Å². The van der Waals surface area contributed by atoms with Gasteiger partial charge in [0.25, 0.3) is 11.1 Å². The number of pyridine rings is 1. The first kappa shape index (κ1) is 18.1. The molecule has 0 unspecified atom stereocenters. The molecule has 2 atom stereocenters. The molecule has 0 radical (unpaired) electrons. The van der Waals surface area contributed by atoms with Gasteiger partial charge in [-0.1, -0.05) is 6.07 Å². The number of thioether (sulfide) groups is 1. The van der Waals surface area contributed by atoms with Gasteiger partial charge in [0.1, 0.15) is 5.82 Å². The number of amides is 1. The molecule has 4 heterocycles. The molecule has 0 bridgehead atoms. The molecule has 8 nitrogen and oxygen atoms in total. The van der Waals surface area contributed by atoms with Crippen molar-refractivity contribution < 1.29 is 9.53 Å². The monoisotopic (exact) mass is 390 g/mol. The number of nitrogens with zero attached hydrogens (tertiary/aromatic N) is 1. The third-order valence-corrected chi connectivity index (χ3v) is 6.28. The summed E-state index contributed by atoms with van der Waals surface area (Å²) < 4.78 is 7.54. The van der Waals surface area contributed by atoms with Crippen LogP contribution in [0, 0.1) is 0 Å². The third kappa shape index (κ3) is 3.37. The van der Waals surface area contributed by atoms with Gasteiger partial charge < -0.3 is 15.0 Å². The van der Waals surface area contributed by atoms with Crippen molar-refractivity contribution >= 4 is 23.5 Å². The molecule has 2 aromatic rings. The van der Waals surface area contributed by atoms with E-state index in [1.54, 1.807) is 23.0 Å². The highest BCUT2D eigenvalue weighted by molar-refractivity contribution is 8.00. The molecule has 144 valence electrons. The van der Waals surface area contributed by atoms with Crippen LogP contribution in [0.4, 0.5) is 5.82 Å². The van der Waals surface area contributed by atoms with Crippen molar-refractivity contribution in [1.82, 2.24) is 14.8 Å². The molecule has 1 fully saturated rings. The van der Waals surface area contributed by atoms with Crippen LogP contribution in [-0.4, -0.2) is 38.6 Å². The minimum atomic E-state index is -0.512. The summed E-state index contributed by atoms with van der Waals surface area (Å²) in [6.07, 6.45) is 3.00. The maximum atomic E-state index is 12.9. The molecule has 1 saturated heterocycles. The first-order valence-electron chi connectivity index (χ1n) is 8.93. The van der Waals surface area contributed by atoms with E-state index in [9.17, 15) is 14.4 Å². The SMILES string of the molecule is CC1(C)C[C@@H](n2[nH]c(=O)c3c2NC(=O)CS[C@H]3c2ccc[nH]c2=O)CCO1. The number of H-pyrrole nitrogens is 2. The van der Waals surface area contributed by atoms with Crippen molar-refractivity contribution in [2.45, 2.75) is 43.6 Å².